The summed E-state index contributed by atoms with van der Waals surface area (Å²) in [7, 11) is 0. The van der Waals surface area contributed by atoms with Crippen LogP contribution in [0.15, 0.2) is 18.2 Å². The van der Waals surface area contributed by atoms with Crippen molar-refractivity contribution in [3.8, 4) is 5.75 Å². The molecule has 2 amide bonds. The van der Waals surface area contributed by atoms with E-state index in [1.165, 1.54) is 6.42 Å². The molecular weight excluding hydrogens is 352 g/mol. The first-order valence-electron chi connectivity index (χ1n) is 9.38. The van der Waals surface area contributed by atoms with Crippen molar-refractivity contribution in [2.24, 2.45) is 5.92 Å². The Morgan fingerprint density at radius 2 is 2.08 bits per heavy atom. The van der Waals surface area contributed by atoms with Crippen molar-refractivity contribution >= 4 is 29.1 Å². The number of hydrogen-bond donors (Lipinski definition) is 1. The number of ether oxygens (including phenoxy) is 1. The van der Waals surface area contributed by atoms with Gasteiger partial charge >= 0.3 is 0 Å². The van der Waals surface area contributed by atoms with Crippen LogP contribution in [0.2, 0.25) is 5.02 Å². The number of fused-ring (bicyclic) bond motifs is 1. The highest BCUT2D eigenvalue weighted by Crippen LogP contribution is 2.39. The monoisotopic (exact) mass is 378 g/mol. The van der Waals surface area contributed by atoms with Gasteiger partial charge in [0.2, 0.25) is 5.91 Å². The van der Waals surface area contributed by atoms with Crippen molar-refractivity contribution in [3.63, 3.8) is 0 Å². The summed E-state index contributed by atoms with van der Waals surface area (Å²) in [6.45, 7) is 5.98. The fraction of sp³-hybridized carbons (Fsp3) is 0.600. The highest BCUT2D eigenvalue weighted by atomic mass is 35.5. The smallest absolute Gasteiger partial charge is 0.270 e. The number of halogens is 1. The number of nitrogens with zero attached hydrogens (tertiary/aromatic N) is 1. The Balaban J connectivity index is 1.69. The van der Waals surface area contributed by atoms with Crippen LogP contribution in [0, 0.1) is 5.92 Å². The third-order valence-corrected chi connectivity index (χ3v) is 5.59. The Morgan fingerprint density at radius 3 is 2.81 bits per heavy atom. The van der Waals surface area contributed by atoms with Crippen LogP contribution in [0.1, 0.15) is 52.9 Å². The van der Waals surface area contributed by atoms with Crippen molar-refractivity contribution in [2.45, 2.75) is 64.5 Å². The maximum Gasteiger partial charge on any atom is 0.270 e. The van der Waals surface area contributed by atoms with E-state index in [0.717, 1.165) is 19.3 Å². The fourth-order valence-electron chi connectivity index (χ4n) is 3.79. The Morgan fingerprint density at radius 1 is 1.35 bits per heavy atom. The minimum Gasteiger partial charge on any atom is -0.476 e. The lowest BCUT2D eigenvalue weighted by atomic mass is 9.86. The lowest BCUT2D eigenvalue weighted by molar-refractivity contribution is -0.132. The molecule has 1 aliphatic heterocycles. The van der Waals surface area contributed by atoms with Crippen molar-refractivity contribution < 1.29 is 14.3 Å². The third-order valence-electron chi connectivity index (χ3n) is 5.36. The van der Waals surface area contributed by atoms with Gasteiger partial charge in [-0.05, 0) is 50.8 Å². The molecule has 0 aromatic heterocycles. The minimum atomic E-state index is -0.963. The predicted octanol–water partition coefficient (Wildman–Crippen LogP) is 3.93. The summed E-state index contributed by atoms with van der Waals surface area (Å²) in [5.74, 6) is 0.951. The molecule has 1 fully saturated rings. The van der Waals surface area contributed by atoms with Crippen LogP contribution in [0.4, 0.5) is 5.69 Å². The van der Waals surface area contributed by atoms with Gasteiger partial charge in [0, 0.05) is 24.0 Å². The summed E-state index contributed by atoms with van der Waals surface area (Å²) in [5.41, 5.74) is -0.337. The van der Waals surface area contributed by atoms with Gasteiger partial charge in [-0.15, -0.1) is 0 Å². The summed E-state index contributed by atoms with van der Waals surface area (Å²) in [4.78, 5) is 26.9. The maximum atomic E-state index is 12.8. The first-order valence-corrected chi connectivity index (χ1v) is 9.75. The van der Waals surface area contributed by atoms with Crippen molar-refractivity contribution in [3.05, 3.63) is 23.2 Å². The fourth-order valence-corrected chi connectivity index (χ4v) is 3.95. The second-order valence-corrected chi connectivity index (χ2v) is 8.30. The standard InChI is InChI=1S/C20H27ClN2O3/c1-13-6-4-5-7-15(13)22-18(24)10-11-23-16-12-14(21)8-9-17(16)26-20(2,3)19(23)25/h8-9,12-13,15H,4-7,10-11H2,1-3H3,(H,22,24). The van der Waals surface area contributed by atoms with Crippen LogP contribution in [0.5, 0.6) is 5.75 Å². The molecule has 0 saturated heterocycles. The molecule has 2 aliphatic rings. The topological polar surface area (TPSA) is 58.6 Å². The highest BCUT2D eigenvalue weighted by Gasteiger charge is 2.41. The molecule has 0 radical (unpaired) electrons. The zero-order chi connectivity index (χ0) is 18.9. The zero-order valence-electron chi connectivity index (χ0n) is 15.7. The van der Waals surface area contributed by atoms with Crippen LogP contribution in [0.3, 0.4) is 0 Å². The first kappa shape index (κ1) is 19.0. The first-order chi connectivity index (χ1) is 12.3. The van der Waals surface area contributed by atoms with E-state index in [0.29, 0.717) is 28.9 Å². The van der Waals surface area contributed by atoms with E-state index in [1.54, 1.807) is 36.9 Å². The molecular formula is C20H27ClN2O3. The van der Waals surface area contributed by atoms with Gasteiger partial charge in [-0.25, -0.2) is 0 Å². The Hall–Kier alpha value is -1.75. The van der Waals surface area contributed by atoms with Gasteiger partial charge < -0.3 is 15.0 Å². The molecule has 2 atom stereocenters. The van der Waals surface area contributed by atoms with E-state index >= 15 is 0 Å². The van der Waals surface area contributed by atoms with Crippen molar-refractivity contribution in [1.82, 2.24) is 5.32 Å². The summed E-state index contributed by atoms with van der Waals surface area (Å²) < 4.78 is 5.81. The van der Waals surface area contributed by atoms with E-state index in [4.69, 9.17) is 16.3 Å². The van der Waals surface area contributed by atoms with E-state index in [1.807, 2.05) is 0 Å². The quantitative estimate of drug-likeness (QED) is 0.863. The van der Waals surface area contributed by atoms with Gasteiger partial charge in [0.05, 0.1) is 5.69 Å². The Labute approximate surface area is 160 Å². The molecule has 1 heterocycles. The summed E-state index contributed by atoms with van der Waals surface area (Å²) >= 11 is 6.10. The predicted molar refractivity (Wildman–Crippen MR) is 103 cm³/mol. The van der Waals surface area contributed by atoms with Gasteiger partial charge in [-0.3, -0.25) is 9.59 Å². The van der Waals surface area contributed by atoms with Crippen LogP contribution in [0.25, 0.3) is 0 Å². The number of hydrogen-bond acceptors (Lipinski definition) is 3. The number of carbonyl (C=O) groups is 2. The third kappa shape index (κ3) is 3.98. The van der Waals surface area contributed by atoms with Crippen molar-refractivity contribution in [1.29, 1.82) is 0 Å². The Bertz CT molecular complexity index is 704. The van der Waals surface area contributed by atoms with E-state index in [-0.39, 0.29) is 24.3 Å². The lowest BCUT2D eigenvalue weighted by Gasteiger charge is -2.39. The van der Waals surface area contributed by atoms with Crippen LogP contribution in [-0.2, 0) is 9.59 Å². The largest absolute Gasteiger partial charge is 0.476 e. The maximum absolute atomic E-state index is 12.8. The van der Waals surface area contributed by atoms with Gasteiger partial charge in [0.1, 0.15) is 5.75 Å². The molecule has 1 aliphatic carbocycles. The van der Waals surface area contributed by atoms with Crippen molar-refractivity contribution in [2.75, 3.05) is 11.4 Å². The van der Waals surface area contributed by atoms with E-state index < -0.39 is 5.60 Å². The van der Waals surface area contributed by atoms with Crippen LogP contribution < -0.4 is 15.0 Å². The minimum absolute atomic E-state index is 0.00979. The molecule has 0 spiro atoms. The molecule has 5 nitrogen and oxygen atoms in total. The average molecular weight is 379 g/mol. The van der Waals surface area contributed by atoms with Gasteiger partial charge in [0.25, 0.3) is 5.91 Å². The number of carbonyl (C=O) groups excluding carboxylic acids is 2. The summed E-state index contributed by atoms with van der Waals surface area (Å²) in [5, 5.41) is 3.68. The highest BCUT2D eigenvalue weighted by molar-refractivity contribution is 6.31. The molecule has 0 bridgehead atoms. The lowest BCUT2D eigenvalue weighted by Crippen LogP contribution is -2.53. The van der Waals surface area contributed by atoms with Gasteiger partial charge in [-0.1, -0.05) is 31.4 Å². The summed E-state index contributed by atoms with van der Waals surface area (Å²) in [6.07, 6.45) is 4.86. The zero-order valence-corrected chi connectivity index (χ0v) is 16.4. The number of benzene rings is 1. The van der Waals surface area contributed by atoms with Gasteiger partial charge in [0.15, 0.2) is 5.60 Å². The normalized spacial score (nSPS) is 24.6. The molecule has 1 aromatic carbocycles. The summed E-state index contributed by atoms with van der Waals surface area (Å²) in [6, 6.07) is 5.46. The second kappa shape index (κ2) is 7.47. The molecule has 1 saturated carbocycles. The SMILES string of the molecule is CC1CCCCC1NC(=O)CCN1C(=O)C(C)(C)Oc2ccc(Cl)cc21. The van der Waals surface area contributed by atoms with E-state index in [9.17, 15) is 9.59 Å². The Kier molecular flexibility index (Phi) is 5.47. The molecule has 6 heteroatoms. The van der Waals surface area contributed by atoms with Crippen LogP contribution in [-0.4, -0.2) is 30.0 Å². The molecule has 1 N–H and O–H groups in total. The van der Waals surface area contributed by atoms with E-state index in [2.05, 4.69) is 12.2 Å². The van der Waals surface area contributed by atoms with Gasteiger partial charge in [-0.2, -0.15) is 0 Å². The molecule has 26 heavy (non-hydrogen) atoms. The number of nitrogens with one attached hydrogen (secondary N) is 1. The average Bonchev–Trinajstić information content (AvgIpc) is 2.58. The molecule has 3 rings (SSSR count). The van der Waals surface area contributed by atoms with Crippen LogP contribution >= 0.6 is 11.6 Å². The number of rotatable bonds is 4. The number of amides is 2. The molecule has 1 aromatic rings. The molecule has 2 unspecified atom stereocenters. The second-order valence-electron chi connectivity index (χ2n) is 7.87. The molecule has 142 valence electrons. The number of anilines is 1.